The molecular formula is C39H28BN3O2. The van der Waals surface area contributed by atoms with Crippen molar-refractivity contribution in [2.45, 2.75) is 19.8 Å². The van der Waals surface area contributed by atoms with Crippen LogP contribution in [0.5, 0.6) is 23.0 Å². The molecule has 45 heavy (non-hydrogen) atoms. The predicted molar refractivity (Wildman–Crippen MR) is 182 cm³/mol. The fourth-order valence-electron chi connectivity index (χ4n) is 6.76. The molecule has 0 unspecified atom stereocenters. The van der Waals surface area contributed by atoms with Gasteiger partial charge in [-0.15, -0.1) is 0 Å². The van der Waals surface area contributed by atoms with E-state index in [1.807, 2.05) is 36.5 Å². The van der Waals surface area contributed by atoms with Crippen LogP contribution in [0.2, 0.25) is 0 Å². The molecule has 2 aliphatic rings. The lowest BCUT2D eigenvalue weighted by Crippen LogP contribution is -2.57. The van der Waals surface area contributed by atoms with Crippen molar-refractivity contribution in [2.75, 3.05) is 0 Å². The molecule has 214 valence electrons. The summed E-state index contributed by atoms with van der Waals surface area (Å²) in [5, 5.41) is 0. The van der Waals surface area contributed by atoms with Crippen LogP contribution in [0, 0.1) is 0 Å². The number of ether oxygens (including phenoxy) is 2. The van der Waals surface area contributed by atoms with Gasteiger partial charge in [0.1, 0.15) is 28.8 Å². The Morgan fingerprint density at radius 3 is 2.09 bits per heavy atom. The monoisotopic (exact) mass is 581 g/mol. The smallest absolute Gasteiger partial charge is 0.260 e. The molecule has 0 fully saturated rings. The van der Waals surface area contributed by atoms with Crippen molar-refractivity contribution in [3.63, 3.8) is 0 Å². The van der Waals surface area contributed by atoms with E-state index in [2.05, 4.69) is 109 Å². The van der Waals surface area contributed by atoms with Gasteiger partial charge in [-0.25, -0.2) is 4.98 Å². The Balaban J connectivity index is 1.25. The topological polar surface area (TPSA) is 49.2 Å². The fraction of sp³-hybridized carbons (Fsp3) is 0.0769. The van der Waals surface area contributed by atoms with Gasteiger partial charge in [0.25, 0.3) is 6.71 Å². The number of hydrogen-bond acceptors (Lipinski definition) is 4. The van der Waals surface area contributed by atoms with E-state index in [9.17, 15) is 0 Å². The van der Waals surface area contributed by atoms with Gasteiger partial charge < -0.3 is 9.47 Å². The molecule has 0 atom stereocenters. The number of para-hydroxylation sites is 3. The summed E-state index contributed by atoms with van der Waals surface area (Å²) in [5.74, 6) is 4.65. The molecule has 0 N–H and O–H groups in total. The number of imidazole rings is 1. The molecule has 0 aliphatic carbocycles. The molecule has 9 rings (SSSR count). The van der Waals surface area contributed by atoms with E-state index < -0.39 is 0 Å². The lowest BCUT2D eigenvalue weighted by Gasteiger charge is -2.33. The summed E-state index contributed by atoms with van der Waals surface area (Å²) < 4.78 is 15.3. The molecule has 5 nitrogen and oxygen atoms in total. The molecule has 0 saturated carbocycles. The quantitative estimate of drug-likeness (QED) is 0.201. The van der Waals surface area contributed by atoms with Crippen molar-refractivity contribution in [3.05, 3.63) is 133 Å². The van der Waals surface area contributed by atoms with Crippen molar-refractivity contribution in [3.8, 4) is 51.3 Å². The highest BCUT2D eigenvalue weighted by atomic mass is 16.5. The zero-order valence-electron chi connectivity index (χ0n) is 24.9. The van der Waals surface area contributed by atoms with Crippen LogP contribution in [0.15, 0.2) is 128 Å². The zero-order chi connectivity index (χ0) is 30.1. The van der Waals surface area contributed by atoms with Gasteiger partial charge in [-0.3, -0.25) is 9.55 Å². The summed E-state index contributed by atoms with van der Waals surface area (Å²) in [7, 11) is 0. The molecule has 2 aromatic heterocycles. The Bertz CT molecular complexity index is 2260. The highest BCUT2D eigenvalue weighted by Gasteiger charge is 2.40. The first kappa shape index (κ1) is 25.8. The molecule has 5 aromatic carbocycles. The van der Waals surface area contributed by atoms with E-state index in [1.165, 1.54) is 5.56 Å². The van der Waals surface area contributed by atoms with Crippen LogP contribution < -0.4 is 25.9 Å². The van der Waals surface area contributed by atoms with Crippen molar-refractivity contribution in [1.82, 2.24) is 14.5 Å². The summed E-state index contributed by atoms with van der Waals surface area (Å²) in [6.45, 7) is 4.34. The Kier molecular flexibility index (Phi) is 5.72. The van der Waals surface area contributed by atoms with Crippen LogP contribution in [0.3, 0.4) is 0 Å². The first-order valence-corrected chi connectivity index (χ1v) is 15.4. The van der Waals surface area contributed by atoms with Crippen LogP contribution in [-0.2, 0) is 0 Å². The van der Waals surface area contributed by atoms with Gasteiger partial charge in [0.15, 0.2) is 0 Å². The van der Waals surface area contributed by atoms with Crippen LogP contribution in [-0.4, -0.2) is 21.2 Å². The van der Waals surface area contributed by atoms with E-state index in [0.29, 0.717) is 5.92 Å². The largest absolute Gasteiger partial charge is 0.458 e. The van der Waals surface area contributed by atoms with E-state index in [4.69, 9.17) is 19.4 Å². The van der Waals surface area contributed by atoms with Crippen LogP contribution in [0.1, 0.15) is 25.3 Å². The highest BCUT2D eigenvalue weighted by Crippen LogP contribution is 2.37. The number of benzene rings is 5. The lowest BCUT2D eigenvalue weighted by atomic mass is 9.34. The van der Waals surface area contributed by atoms with Crippen LogP contribution in [0.4, 0.5) is 0 Å². The summed E-state index contributed by atoms with van der Waals surface area (Å²) in [6, 6.07) is 42.0. The Morgan fingerprint density at radius 2 is 1.33 bits per heavy atom. The maximum atomic E-state index is 6.54. The highest BCUT2D eigenvalue weighted by molar-refractivity contribution is 6.98. The Hall–Kier alpha value is -5.62. The molecule has 2 aliphatic heterocycles. The molecule has 0 saturated heterocycles. The van der Waals surface area contributed by atoms with Gasteiger partial charge >= 0.3 is 0 Å². The maximum absolute atomic E-state index is 6.54. The summed E-state index contributed by atoms with van der Waals surface area (Å²) in [5.41, 5.74) is 10.6. The van der Waals surface area contributed by atoms with Gasteiger partial charge in [0, 0.05) is 22.9 Å². The van der Waals surface area contributed by atoms with Gasteiger partial charge in [-0.05, 0) is 101 Å². The molecule has 0 bridgehead atoms. The molecule has 0 amide bonds. The summed E-state index contributed by atoms with van der Waals surface area (Å²) in [6.07, 6.45) is 1.91. The number of hydrogen-bond donors (Lipinski definition) is 0. The van der Waals surface area contributed by atoms with Crippen LogP contribution >= 0.6 is 0 Å². The molecule has 4 heterocycles. The standard InChI is InChI=1S/C39H28BN3O2/c1-24(2)25-19-20-41-32(23-25)26-15-17-34-29(21-26)40-30-22-27(16-18-35(30)45-37-14-8-13-36(44-34)38(37)40)39-42-31-11-6-7-12-33(31)43(39)28-9-4-3-5-10-28/h3-24H,1-2H3. The molecular weight excluding hydrogens is 553 g/mol. The third kappa shape index (κ3) is 4.10. The Morgan fingerprint density at radius 1 is 0.644 bits per heavy atom. The third-order valence-electron chi connectivity index (χ3n) is 8.98. The zero-order valence-corrected chi connectivity index (χ0v) is 24.9. The van der Waals surface area contributed by atoms with E-state index in [-0.39, 0.29) is 6.71 Å². The van der Waals surface area contributed by atoms with Crippen molar-refractivity contribution < 1.29 is 9.47 Å². The second-order valence-corrected chi connectivity index (χ2v) is 12.0. The minimum Gasteiger partial charge on any atom is -0.458 e. The van der Waals surface area contributed by atoms with Crippen LogP contribution in [0.25, 0.3) is 39.4 Å². The average Bonchev–Trinajstić information content (AvgIpc) is 3.48. The number of rotatable bonds is 4. The average molecular weight is 581 g/mol. The normalized spacial score (nSPS) is 12.7. The molecule has 0 spiro atoms. The number of nitrogens with zero attached hydrogens (tertiary/aromatic N) is 3. The first-order valence-electron chi connectivity index (χ1n) is 15.4. The maximum Gasteiger partial charge on any atom is 0.260 e. The van der Waals surface area contributed by atoms with Gasteiger partial charge in [-0.1, -0.05) is 62.4 Å². The number of aromatic nitrogens is 3. The molecule has 7 aromatic rings. The molecule has 0 radical (unpaired) electrons. The van der Waals surface area contributed by atoms with Gasteiger partial charge in [-0.2, -0.15) is 0 Å². The fourth-order valence-corrected chi connectivity index (χ4v) is 6.76. The van der Waals surface area contributed by atoms with E-state index >= 15 is 0 Å². The van der Waals surface area contributed by atoms with Crippen molar-refractivity contribution >= 4 is 34.1 Å². The number of fused-ring (bicyclic) bond motifs is 5. The Labute approximate surface area is 261 Å². The number of pyridine rings is 1. The molecule has 6 heteroatoms. The third-order valence-corrected chi connectivity index (χ3v) is 8.98. The van der Waals surface area contributed by atoms with Gasteiger partial charge in [0.2, 0.25) is 0 Å². The lowest BCUT2D eigenvalue weighted by molar-refractivity contribution is 0.464. The minimum absolute atomic E-state index is 0.0774. The second-order valence-electron chi connectivity index (χ2n) is 12.0. The van der Waals surface area contributed by atoms with E-state index in [1.54, 1.807) is 0 Å². The first-order chi connectivity index (χ1) is 22.1. The van der Waals surface area contributed by atoms with Gasteiger partial charge in [0.05, 0.1) is 16.7 Å². The van der Waals surface area contributed by atoms with E-state index in [0.717, 1.165) is 78.8 Å². The minimum atomic E-state index is -0.0774. The van der Waals surface area contributed by atoms with Crippen molar-refractivity contribution in [1.29, 1.82) is 0 Å². The SMILES string of the molecule is CC(C)c1ccnc(-c2ccc3c(c2)B2c4cc(-c5nc6ccccc6n5-c5ccccc5)ccc4Oc4cccc(c42)O3)c1. The summed E-state index contributed by atoms with van der Waals surface area (Å²) in [4.78, 5) is 9.89. The predicted octanol–water partition coefficient (Wildman–Crippen LogP) is 7.61. The van der Waals surface area contributed by atoms with Crippen molar-refractivity contribution in [2.24, 2.45) is 0 Å². The summed E-state index contributed by atoms with van der Waals surface area (Å²) >= 11 is 0. The second kappa shape index (κ2) is 9.96.